The van der Waals surface area contributed by atoms with Crippen molar-refractivity contribution in [2.75, 3.05) is 32.7 Å². The molecule has 0 saturated carbocycles. The van der Waals surface area contributed by atoms with Crippen LogP contribution in [-0.4, -0.2) is 58.0 Å². The van der Waals surface area contributed by atoms with Crippen molar-refractivity contribution in [3.05, 3.63) is 102 Å². The third-order valence-electron chi connectivity index (χ3n) is 9.02. The molecule has 2 aliphatic rings. The van der Waals surface area contributed by atoms with Gasteiger partial charge in [-0.25, -0.2) is 4.98 Å². The van der Waals surface area contributed by atoms with E-state index >= 15 is 0 Å². The second-order valence-electron chi connectivity index (χ2n) is 11.1. The fourth-order valence-corrected chi connectivity index (χ4v) is 6.77. The predicted octanol–water partition coefficient (Wildman–Crippen LogP) is 6.25. The summed E-state index contributed by atoms with van der Waals surface area (Å²) in [5.41, 5.74) is 4.73. The van der Waals surface area contributed by atoms with E-state index in [9.17, 15) is 4.79 Å². The molecule has 3 aromatic carbocycles. The largest absolute Gasteiger partial charge is 0.339 e. The quantitative estimate of drug-likeness (QED) is 0.311. The zero-order valence-corrected chi connectivity index (χ0v) is 22.4. The molecule has 1 aromatic heterocycles. The highest BCUT2D eigenvalue weighted by molar-refractivity contribution is 5.94. The van der Waals surface area contributed by atoms with Crippen molar-refractivity contribution in [1.82, 2.24) is 19.4 Å². The van der Waals surface area contributed by atoms with Gasteiger partial charge in [-0.15, -0.1) is 0 Å². The first-order chi connectivity index (χ1) is 18.6. The first-order valence-electron chi connectivity index (χ1n) is 14.2. The van der Waals surface area contributed by atoms with Gasteiger partial charge in [0, 0.05) is 37.8 Å². The highest BCUT2D eigenvalue weighted by Gasteiger charge is 2.38. The summed E-state index contributed by atoms with van der Waals surface area (Å²) in [7, 11) is 0. The number of benzene rings is 3. The van der Waals surface area contributed by atoms with Crippen LogP contribution in [0.25, 0.3) is 11.0 Å². The monoisotopic (exact) mass is 506 g/mol. The van der Waals surface area contributed by atoms with Crippen LogP contribution >= 0.6 is 0 Å². The van der Waals surface area contributed by atoms with E-state index < -0.39 is 0 Å². The van der Waals surface area contributed by atoms with Gasteiger partial charge in [0.1, 0.15) is 5.82 Å². The minimum atomic E-state index is 0.128. The van der Waals surface area contributed by atoms with Crippen LogP contribution in [0.2, 0.25) is 0 Å². The van der Waals surface area contributed by atoms with Crippen LogP contribution in [-0.2, 0) is 5.41 Å². The molecule has 5 heteroatoms. The highest BCUT2D eigenvalue weighted by Crippen LogP contribution is 2.40. The molecule has 2 aliphatic heterocycles. The van der Waals surface area contributed by atoms with E-state index in [0.29, 0.717) is 6.04 Å². The Balaban J connectivity index is 1.11. The molecule has 0 bridgehead atoms. The lowest BCUT2D eigenvalue weighted by Gasteiger charge is -2.44. The predicted molar refractivity (Wildman–Crippen MR) is 153 cm³/mol. The molecule has 2 saturated heterocycles. The van der Waals surface area contributed by atoms with Gasteiger partial charge in [0.2, 0.25) is 0 Å². The summed E-state index contributed by atoms with van der Waals surface area (Å²) in [6.07, 6.45) is 5.51. The summed E-state index contributed by atoms with van der Waals surface area (Å²) in [6.45, 7) is 7.14. The lowest BCUT2D eigenvalue weighted by Crippen LogP contribution is -2.47. The van der Waals surface area contributed by atoms with Crippen molar-refractivity contribution < 1.29 is 4.79 Å². The fraction of sp³-hybridized carbons (Fsp3) is 0.394. The molecule has 0 radical (unpaired) electrons. The maximum absolute atomic E-state index is 13.1. The number of carbonyl (C=O) groups excluding carboxylic acids is 1. The molecule has 0 atom stereocenters. The van der Waals surface area contributed by atoms with Gasteiger partial charge in [0.05, 0.1) is 11.0 Å². The highest BCUT2D eigenvalue weighted by atomic mass is 16.2. The number of rotatable bonds is 6. The summed E-state index contributed by atoms with van der Waals surface area (Å²) in [4.78, 5) is 22.6. The fourth-order valence-electron chi connectivity index (χ4n) is 6.77. The molecule has 38 heavy (non-hydrogen) atoms. The van der Waals surface area contributed by atoms with E-state index in [1.165, 1.54) is 23.9 Å². The number of carbonyl (C=O) groups is 1. The SMILES string of the molecule is Cc1nc2ccccc2n1C1CCN(CCC2(c3ccccc3)CCN(C(=O)c3ccccc3)CC2)CC1. The molecular weight excluding hydrogens is 468 g/mol. The lowest BCUT2D eigenvalue weighted by atomic mass is 9.70. The van der Waals surface area contributed by atoms with Crippen LogP contribution in [0.5, 0.6) is 0 Å². The molecule has 0 spiro atoms. The van der Waals surface area contributed by atoms with Gasteiger partial charge < -0.3 is 14.4 Å². The first kappa shape index (κ1) is 24.9. The first-order valence-corrected chi connectivity index (χ1v) is 14.2. The number of likely N-dealkylation sites (tertiary alicyclic amines) is 2. The molecule has 0 aliphatic carbocycles. The van der Waals surface area contributed by atoms with Crippen LogP contribution < -0.4 is 0 Å². The van der Waals surface area contributed by atoms with Crippen LogP contribution in [0, 0.1) is 6.92 Å². The summed E-state index contributed by atoms with van der Waals surface area (Å²) in [5.74, 6) is 1.29. The number of nitrogens with zero attached hydrogens (tertiary/aromatic N) is 4. The topological polar surface area (TPSA) is 41.4 Å². The molecule has 4 aromatic rings. The summed E-state index contributed by atoms with van der Waals surface area (Å²) >= 11 is 0. The van der Waals surface area contributed by atoms with Gasteiger partial charge >= 0.3 is 0 Å². The van der Waals surface area contributed by atoms with Crippen LogP contribution in [0.1, 0.15) is 59.9 Å². The third kappa shape index (κ3) is 4.88. The number of aryl methyl sites for hydroxylation is 1. The number of aromatic nitrogens is 2. The molecule has 0 unspecified atom stereocenters. The molecular formula is C33H38N4O. The molecule has 2 fully saturated rings. The van der Waals surface area contributed by atoms with Gasteiger partial charge in [0.15, 0.2) is 0 Å². The third-order valence-corrected chi connectivity index (χ3v) is 9.02. The Hall–Kier alpha value is -3.44. The smallest absolute Gasteiger partial charge is 0.253 e. The Kier molecular flexibility index (Phi) is 7.03. The van der Waals surface area contributed by atoms with Crippen molar-refractivity contribution in [3.8, 4) is 0 Å². The second-order valence-corrected chi connectivity index (χ2v) is 11.1. The van der Waals surface area contributed by atoms with E-state index in [-0.39, 0.29) is 11.3 Å². The van der Waals surface area contributed by atoms with Gasteiger partial charge in [-0.2, -0.15) is 0 Å². The molecule has 6 rings (SSSR count). The van der Waals surface area contributed by atoms with E-state index in [1.807, 2.05) is 30.3 Å². The number of piperidine rings is 2. The van der Waals surface area contributed by atoms with E-state index in [1.54, 1.807) is 0 Å². The number of hydrogen-bond acceptors (Lipinski definition) is 3. The number of para-hydroxylation sites is 2. The Morgan fingerprint density at radius 1 is 0.842 bits per heavy atom. The van der Waals surface area contributed by atoms with Gasteiger partial charge in [-0.05, 0) is 80.8 Å². The van der Waals surface area contributed by atoms with Gasteiger partial charge in [0.25, 0.3) is 5.91 Å². The van der Waals surface area contributed by atoms with E-state index in [4.69, 9.17) is 4.98 Å². The molecule has 3 heterocycles. The van der Waals surface area contributed by atoms with E-state index in [0.717, 1.165) is 68.9 Å². The standard InChI is InChI=1S/C33H38N4O/c1-26-34-30-14-8-9-15-31(30)37(26)29-16-21-35(22-17-29)23-18-33(28-12-6-3-7-13-28)19-24-36(25-20-33)32(38)27-10-4-2-5-11-27/h2-15,29H,16-25H2,1H3. The maximum atomic E-state index is 13.1. The molecule has 5 nitrogen and oxygen atoms in total. The van der Waals surface area contributed by atoms with Gasteiger partial charge in [-0.3, -0.25) is 4.79 Å². The number of hydrogen-bond donors (Lipinski definition) is 0. The lowest BCUT2D eigenvalue weighted by molar-refractivity contribution is 0.0643. The maximum Gasteiger partial charge on any atom is 0.253 e. The summed E-state index contributed by atoms with van der Waals surface area (Å²) in [5, 5.41) is 0. The number of fused-ring (bicyclic) bond motifs is 1. The zero-order chi connectivity index (χ0) is 26.0. The Morgan fingerprint density at radius 2 is 1.47 bits per heavy atom. The minimum absolute atomic E-state index is 0.128. The summed E-state index contributed by atoms with van der Waals surface area (Å²) in [6, 6.07) is 29.8. The van der Waals surface area contributed by atoms with Crippen LogP contribution in [0.15, 0.2) is 84.9 Å². The van der Waals surface area contributed by atoms with Crippen molar-refractivity contribution in [3.63, 3.8) is 0 Å². The molecule has 1 amide bonds. The van der Waals surface area contributed by atoms with Crippen molar-refractivity contribution in [2.24, 2.45) is 0 Å². The van der Waals surface area contributed by atoms with Crippen LogP contribution in [0.3, 0.4) is 0 Å². The normalized spacial score (nSPS) is 18.6. The van der Waals surface area contributed by atoms with Gasteiger partial charge in [-0.1, -0.05) is 60.7 Å². The number of imidazole rings is 1. The summed E-state index contributed by atoms with van der Waals surface area (Å²) < 4.78 is 2.47. The average Bonchev–Trinajstić information content (AvgIpc) is 3.33. The van der Waals surface area contributed by atoms with Crippen molar-refractivity contribution in [1.29, 1.82) is 0 Å². The van der Waals surface area contributed by atoms with Crippen molar-refractivity contribution >= 4 is 16.9 Å². The number of amides is 1. The average molecular weight is 507 g/mol. The Morgan fingerprint density at radius 3 is 2.18 bits per heavy atom. The van der Waals surface area contributed by atoms with Crippen LogP contribution in [0.4, 0.5) is 0 Å². The molecule has 0 N–H and O–H groups in total. The molecule has 196 valence electrons. The minimum Gasteiger partial charge on any atom is -0.339 e. The van der Waals surface area contributed by atoms with Crippen molar-refractivity contribution in [2.45, 2.75) is 50.5 Å². The Labute approximate surface area is 226 Å². The zero-order valence-electron chi connectivity index (χ0n) is 22.4. The van der Waals surface area contributed by atoms with E-state index in [2.05, 4.69) is 75.9 Å². The Bertz CT molecular complexity index is 1360. The second kappa shape index (κ2) is 10.7.